The Labute approximate surface area is 165 Å². The zero-order chi connectivity index (χ0) is 18.9. The van der Waals surface area contributed by atoms with E-state index in [2.05, 4.69) is 10.2 Å². The number of amides is 2. The van der Waals surface area contributed by atoms with Crippen molar-refractivity contribution in [1.82, 2.24) is 9.80 Å². The highest BCUT2D eigenvalue weighted by molar-refractivity contribution is 6.30. The van der Waals surface area contributed by atoms with Crippen molar-refractivity contribution in [2.24, 2.45) is 0 Å². The smallest absolute Gasteiger partial charge is 0.322 e. The molecule has 0 spiro atoms. The number of nitrogens with zero attached hydrogens (tertiary/aromatic N) is 2. The highest BCUT2D eigenvalue weighted by Crippen LogP contribution is 2.15. The fourth-order valence-electron chi connectivity index (χ4n) is 3.10. The molecule has 0 unspecified atom stereocenters. The first kappa shape index (κ1) is 19.7. The predicted molar refractivity (Wildman–Crippen MR) is 109 cm³/mol. The zero-order valence-electron chi connectivity index (χ0n) is 15.4. The standard InChI is InChI=1S/C21H26ClN3O2/c22-19-7-9-20(10-8-19)23-21(26)25(17-18-5-2-1-3-6-18)12-4-11-24-13-15-27-16-14-24/h1-3,5-10H,4,11-17H2,(H,23,26). The number of nitrogens with one attached hydrogen (secondary N) is 1. The van der Waals surface area contributed by atoms with Gasteiger partial charge in [-0.2, -0.15) is 0 Å². The molecule has 0 aliphatic carbocycles. The molecule has 2 amide bonds. The maximum Gasteiger partial charge on any atom is 0.322 e. The van der Waals surface area contributed by atoms with Gasteiger partial charge >= 0.3 is 6.03 Å². The van der Waals surface area contributed by atoms with Crippen LogP contribution in [-0.2, 0) is 11.3 Å². The van der Waals surface area contributed by atoms with Crippen LogP contribution in [0.25, 0.3) is 0 Å². The third-order valence-corrected chi connectivity index (χ3v) is 4.86. The van der Waals surface area contributed by atoms with E-state index in [0.29, 0.717) is 18.1 Å². The molecule has 144 valence electrons. The van der Waals surface area contributed by atoms with Gasteiger partial charge in [-0.15, -0.1) is 0 Å². The number of hydrogen-bond donors (Lipinski definition) is 1. The van der Waals surface area contributed by atoms with E-state index in [9.17, 15) is 4.79 Å². The largest absolute Gasteiger partial charge is 0.379 e. The summed E-state index contributed by atoms with van der Waals surface area (Å²) in [5.74, 6) is 0. The van der Waals surface area contributed by atoms with Gasteiger partial charge < -0.3 is 15.0 Å². The second-order valence-electron chi connectivity index (χ2n) is 6.65. The lowest BCUT2D eigenvalue weighted by molar-refractivity contribution is 0.0365. The predicted octanol–water partition coefficient (Wildman–Crippen LogP) is 4.10. The van der Waals surface area contributed by atoms with E-state index in [-0.39, 0.29) is 6.03 Å². The second-order valence-corrected chi connectivity index (χ2v) is 7.09. The van der Waals surface area contributed by atoms with Gasteiger partial charge in [-0.1, -0.05) is 41.9 Å². The van der Waals surface area contributed by atoms with Crippen molar-refractivity contribution in [3.05, 3.63) is 65.2 Å². The monoisotopic (exact) mass is 387 g/mol. The summed E-state index contributed by atoms with van der Waals surface area (Å²) in [5.41, 5.74) is 1.87. The van der Waals surface area contributed by atoms with Gasteiger partial charge in [-0.25, -0.2) is 4.79 Å². The topological polar surface area (TPSA) is 44.8 Å². The van der Waals surface area contributed by atoms with Gasteiger partial charge in [0.25, 0.3) is 0 Å². The van der Waals surface area contributed by atoms with Crippen LogP contribution in [-0.4, -0.2) is 55.2 Å². The van der Waals surface area contributed by atoms with Crippen LogP contribution in [0.4, 0.5) is 10.5 Å². The minimum absolute atomic E-state index is 0.0943. The molecule has 2 aromatic carbocycles. The zero-order valence-corrected chi connectivity index (χ0v) is 16.2. The van der Waals surface area contributed by atoms with E-state index >= 15 is 0 Å². The van der Waals surface area contributed by atoms with Crippen molar-refractivity contribution in [2.75, 3.05) is 44.7 Å². The molecule has 1 N–H and O–H groups in total. The molecule has 27 heavy (non-hydrogen) atoms. The lowest BCUT2D eigenvalue weighted by atomic mass is 10.2. The van der Waals surface area contributed by atoms with Crippen molar-refractivity contribution < 1.29 is 9.53 Å². The molecule has 0 saturated carbocycles. The number of anilines is 1. The molecular weight excluding hydrogens is 362 g/mol. The molecule has 0 atom stereocenters. The maximum atomic E-state index is 12.8. The first-order chi connectivity index (χ1) is 13.2. The highest BCUT2D eigenvalue weighted by Gasteiger charge is 2.16. The Balaban J connectivity index is 1.59. The molecule has 0 radical (unpaired) electrons. The fraction of sp³-hybridized carbons (Fsp3) is 0.381. The normalized spacial score (nSPS) is 14.7. The summed E-state index contributed by atoms with van der Waals surface area (Å²) in [4.78, 5) is 17.1. The number of carbonyl (C=O) groups excluding carboxylic acids is 1. The summed E-state index contributed by atoms with van der Waals surface area (Å²) < 4.78 is 5.39. The Hall–Kier alpha value is -2.08. The average Bonchev–Trinajstić information content (AvgIpc) is 2.70. The summed E-state index contributed by atoms with van der Waals surface area (Å²) in [6.07, 6.45) is 0.931. The quantitative estimate of drug-likeness (QED) is 0.778. The van der Waals surface area contributed by atoms with E-state index in [1.54, 1.807) is 12.1 Å². The van der Waals surface area contributed by atoms with Crippen LogP contribution in [0.3, 0.4) is 0 Å². The van der Waals surface area contributed by atoms with Crippen LogP contribution in [0.5, 0.6) is 0 Å². The van der Waals surface area contributed by atoms with Crippen molar-refractivity contribution in [2.45, 2.75) is 13.0 Å². The van der Waals surface area contributed by atoms with E-state index in [0.717, 1.165) is 50.5 Å². The van der Waals surface area contributed by atoms with Gasteiger partial charge in [0.05, 0.1) is 13.2 Å². The van der Waals surface area contributed by atoms with Gasteiger partial charge in [0.2, 0.25) is 0 Å². The number of ether oxygens (including phenoxy) is 1. The summed E-state index contributed by atoms with van der Waals surface area (Å²) in [5, 5.41) is 3.63. The Kier molecular flexibility index (Phi) is 7.51. The Morgan fingerprint density at radius 1 is 1.07 bits per heavy atom. The van der Waals surface area contributed by atoms with Crippen molar-refractivity contribution >= 4 is 23.3 Å². The third-order valence-electron chi connectivity index (χ3n) is 4.61. The molecule has 0 aromatic heterocycles. The summed E-state index contributed by atoms with van der Waals surface area (Å²) in [6, 6.07) is 17.2. The molecule has 1 aliphatic rings. The molecule has 3 rings (SSSR count). The van der Waals surface area contributed by atoms with Crippen LogP contribution in [0.1, 0.15) is 12.0 Å². The summed E-state index contributed by atoms with van der Waals surface area (Å²) in [7, 11) is 0. The van der Waals surface area contributed by atoms with Gasteiger partial charge in [0, 0.05) is 43.4 Å². The van der Waals surface area contributed by atoms with Crippen LogP contribution in [0, 0.1) is 0 Å². The molecule has 1 aliphatic heterocycles. The first-order valence-electron chi connectivity index (χ1n) is 9.36. The van der Waals surface area contributed by atoms with Crippen LogP contribution in [0.2, 0.25) is 5.02 Å². The van der Waals surface area contributed by atoms with Crippen molar-refractivity contribution in [1.29, 1.82) is 0 Å². The summed E-state index contributed by atoms with van der Waals surface area (Å²) >= 11 is 5.92. The number of urea groups is 1. The number of halogens is 1. The number of carbonyl (C=O) groups is 1. The van der Waals surface area contributed by atoms with E-state index < -0.39 is 0 Å². The minimum Gasteiger partial charge on any atom is -0.379 e. The molecule has 2 aromatic rings. The highest BCUT2D eigenvalue weighted by atomic mass is 35.5. The second kappa shape index (κ2) is 10.3. The van der Waals surface area contributed by atoms with Crippen LogP contribution in [0.15, 0.2) is 54.6 Å². The number of hydrogen-bond acceptors (Lipinski definition) is 3. The Bertz CT molecular complexity index is 703. The maximum absolute atomic E-state index is 12.8. The number of benzene rings is 2. The Morgan fingerprint density at radius 2 is 1.78 bits per heavy atom. The van der Waals surface area contributed by atoms with Crippen LogP contribution >= 0.6 is 11.6 Å². The fourth-order valence-corrected chi connectivity index (χ4v) is 3.23. The van der Waals surface area contributed by atoms with Gasteiger partial charge in [0.1, 0.15) is 0 Å². The number of rotatable bonds is 7. The van der Waals surface area contributed by atoms with Gasteiger partial charge in [-0.05, 0) is 36.2 Å². The van der Waals surface area contributed by atoms with Gasteiger partial charge in [0.15, 0.2) is 0 Å². The number of morpholine rings is 1. The lowest BCUT2D eigenvalue weighted by Crippen LogP contribution is -2.40. The average molecular weight is 388 g/mol. The molecular formula is C21H26ClN3O2. The molecule has 1 fully saturated rings. The SMILES string of the molecule is O=C(Nc1ccc(Cl)cc1)N(CCCN1CCOCC1)Cc1ccccc1. The Morgan fingerprint density at radius 3 is 2.48 bits per heavy atom. The van der Waals surface area contributed by atoms with E-state index in [4.69, 9.17) is 16.3 Å². The third kappa shape index (κ3) is 6.54. The van der Waals surface area contributed by atoms with Crippen molar-refractivity contribution in [3.8, 4) is 0 Å². The molecule has 1 saturated heterocycles. The van der Waals surface area contributed by atoms with Crippen LogP contribution < -0.4 is 5.32 Å². The minimum atomic E-state index is -0.0943. The molecule has 1 heterocycles. The van der Waals surface area contributed by atoms with Gasteiger partial charge in [-0.3, -0.25) is 4.90 Å². The van der Waals surface area contributed by atoms with E-state index in [1.165, 1.54) is 0 Å². The first-order valence-corrected chi connectivity index (χ1v) is 9.74. The molecule has 5 nitrogen and oxygen atoms in total. The lowest BCUT2D eigenvalue weighted by Gasteiger charge is -2.28. The van der Waals surface area contributed by atoms with E-state index in [1.807, 2.05) is 47.4 Å². The van der Waals surface area contributed by atoms with Crippen molar-refractivity contribution in [3.63, 3.8) is 0 Å². The molecule has 0 bridgehead atoms. The molecule has 6 heteroatoms. The summed E-state index contributed by atoms with van der Waals surface area (Å²) in [6.45, 7) is 5.79.